The number of nitrogens with zero attached hydrogens (tertiary/aromatic N) is 2. The Hall–Kier alpha value is -2.50. The first kappa shape index (κ1) is 12.9. The van der Waals surface area contributed by atoms with Crippen LogP contribution in [0.3, 0.4) is 0 Å². The van der Waals surface area contributed by atoms with Gasteiger partial charge in [0.25, 0.3) is 0 Å². The second kappa shape index (κ2) is 5.43. The molecule has 1 aromatic heterocycles. The predicted octanol–water partition coefficient (Wildman–Crippen LogP) is 2.16. The number of anilines is 4. The van der Waals surface area contributed by atoms with Gasteiger partial charge in [0.15, 0.2) is 0 Å². The number of hydrogen-bond donors (Lipinski definition) is 3. The van der Waals surface area contributed by atoms with Gasteiger partial charge in [0.2, 0.25) is 5.95 Å². The molecule has 6 heteroatoms. The molecule has 0 saturated carbocycles. The number of nitrogens with two attached hydrogens (primary N) is 1. The highest BCUT2D eigenvalue weighted by Gasteiger charge is 2.04. The molecule has 19 heavy (non-hydrogen) atoms. The molecule has 2 rings (SSSR count). The SMILES string of the molecule is CNc1cc(Nc2ccc(OC)c(C)c2)nc(N)n1. The number of aryl methyl sites for hydroxylation is 1. The molecular weight excluding hydrogens is 242 g/mol. The lowest BCUT2D eigenvalue weighted by Gasteiger charge is -2.10. The Kier molecular flexibility index (Phi) is 3.70. The zero-order valence-corrected chi connectivity index (χ0v) is 11.2. The molecule has 0 aliphatic carbocycles. The van der Waals surface area contributed by atoms with Crippen LogP contribution in [0.2, 0.25) is 0 Å². The van der Waals surface area contributed by atoms with Crippen LogP contribution in [0.5, 0.6) is 5.75 Å². The van der Waals surface area contributed by atoms with Gasteiger partial charge in [0.05, 0.1) is 7.11 Å². The molecular formula is C13H17N5O. The highest BCUT2D eigenvalue weighted by Crippen LogP contribution is 2.24. The van der Waals surface area contributed by atoms with E-state index in [4.69, 9.17) is 10.5 Å². The first-order valence-electron chi connectivity index (χ1n) is 5.86. The lowest BCUT2D eigenvalue weighted by molar-refractivity contribution is 0.412. The Balaban J connectivity index is 2.25. The molecule has 0 saturated heterocycles. The summed E-state index contributed by atoms with van der Waals surface area (Å²) >= 11 is 0. The average molecular weight is 259 g/mol. The third kappa shape index (κ3) is 3.04. The molecule has 0 aliphatic heterocycles. The maximum Gasteiger partial charge on any atom is 0.223 e. The summed E-state index contributed by atoms with van der Waals surface area (Å²) in [5, 5.41) is 6.12. The number of nitrogens with one attached hydrogen (secondary N) is 2. The Bertz CT molecular complexity index is 585. The van der Waals surface area contributed by atoms with Crippen molar-refractivity contribution in [2.24, 2.45) is 0 Å². The van der Waals surface area contributed by atoms with E-state index in [2.05, 4.69) is 20.6 Å². The van der Waals surface area contributed by atoms with Gasteiger partial charge >= 0.3 is 0 Å². The van der Waals surface area contributed by atoms with Crippen molar-refractivity contribution in [3.8, 4) is 5.75 Å². The summed E-state index contributed by atoms with van der Waals surface area (Å²) in [4.78, 5) is 8.17. The highest BCUT2D eigenvalue weighted by atomic mass is 16.5. The Labute approximate surface area is 112 Å². The van der Waals surface area contributed by atoms with Gasteiger partial charge in [-0.1, -0.05) is 0 Å². The van der Waals surface area contributed by atoms with Crippen LogP contribution >= 0.6 is 0 Å². The van der Waals surface area contributed by atoms with E-state index in [-0.39, 0.29) is 5.95 Å². The van der Waals surface area contributed by atoms with E-state index in [9.17, 15) is 0 Å². The van der Waals surface area contributed by atoms with Gasteiger partial charge in [-0.2, -0.15) is 9.97 Å². The number of aromatic nitrogens is 2. The molecule has 6 nitrogen and oxygen atoms in total. The lowest BCUT2D eigenvalue weighted by Crippen LogP contribution is -2.03. The third-order valence-electron chi connectivity index (χ3n) is 2.67. The van der Waals surface area contributed by atoms with Crippen molar-refractivity contribution < 1.29 is 4.74 Å². The zero-order valence-electron chi connectivity index (χ0n) is 11.2. The fourth-order valence-electron chi connectivity index (χ4n) is 1.76. The fourth-order valence-corrected chi connectivity index (χ4v) is 1.76. The molecule has 1 heterocycles. The van der Waals surface area contributed by atoms with Crippen molar-refractivity contribution in [1.82, 2.24) is 9.97 Å². The lowest BCUT2D eigenvalue weighted by atomic mass is 10.2. The van der Waals surface area contributed by atoms with Crippen molar-refractivity contribution in [3.05, 3.63) is 29.8 Å². The Morgan fingerprint density at radius 3 is 2.53 bits per heavy atom. The van der Waals surface area contributed by atoms with E-state index in [1.54, 1.807) is 20.2 Å². The summed E-state index contributed by atoms with van der Waals surface area (Å²) in [6, 6.07) is 7.59. The smallest absolute Gasteiger partial charge is 0.223 e. The molecule has 0 spiro atoms. The number of hydrogen-bond acceptors (Lipinski definition) is 6. The summed E-state index contributed by atoms with van der Waals surface area (Å²) in [5.74, 6) is 2.38. The van der Waals surface area contributed by atoms with E-state index in [1.807, 2.05) is 25.1 Å². The summed E-state index contributed by atoms with van der Waals surface area (Å²) in [5.41, 5.74) is 7.60. The molecule has 2 aromatic rings. The van der Waals surface area contributed by atoms with Gasteiger partial charge in [0, 0.05) is 18.8 Å². The minimum Gasteiger partial charge on any atom is -0.496 e. The highest BCUT2D eigenvalue weighted by molar-refractivity contribution is 5.62. The van der Waals surface area contributed by atoms with E-state index in [1.165, 1.54) is 0 Å². The van der Waals surface area contributed by atoms with Crippen molar-refractivity contribution in [1.29, 1.82) is 0 Å². The minimum atomic E-state index is 0.222. The average Bonchev–Trinajstić information content (AvgIpc) is 2.38. The monoisotopic (exact) mass is 259 g/mol. The van der Waals surface area contributed by atoms with Crippen LogP contribution in [0.1, 0.15) is 5.56 Å². The largest absolute Gasteiger partial charge is 0.496 e. The molecule has 0 bridgehead atoms. The second-order valence-corrected chi connectivity index (χ2v) is 4.06. The van der Waals surface area contributed by atoms with E-state index >= 15 is 0 Å². The first-order valence-corrected chi connectivity index (χ1v) is 5.86. The topological polar surface area (TPSA) is 85.1 Å². The van der Waals surface area contributed by atoms with Gasteiger partial charge < -0.3 is 21.1 Å². The van der Waals surface area contributed by atoms with Gasteiger partial charge in [0.1, 0.15) is 17.4 Å². The van der Waals surface area contributed by atoms with Crippen LogP contribution in [0.15, 0.2) is 24.3 Å². The number of rotatable bonds is 4. The molecule has 0 amide bonds. The zero-order chi connectivity index (χ0) is 13.8. The summed E-state index contributed by atoms with van der Waals surface area (Å²) in [6.45, 7) is 1.98. The number of nitrogen functional groups attached to an aromatic ring is 1. The predicted molar refractivity (Wildman–Crippen MR) is 77.0 cm³/mol. The van der Waals surface area contributed by atoms with E-state index < -0.39 is 0 Å². The number of ether oxygens (including phenoxy) is 1. The van der Waals surface area contributed by atoms with Crippen molar-refractivity contribution >= 4 is 23.3 Å². The summed E-state index contributed by atoms with van der Waals surface area (Å²) in [6.07, 6.45) is 0. The second-order valence-electron chi connectivity index (χ2n) is 4.06. The summed E-state index contributed by atoms with van der Waals surface area (Å²) < 4.78 is 5.22. The number of benzene rings is 1. The van der Waals surface area contributed by atoms with Crippen LogP contribution in [0.25, 0.3) is 0 Å². The van der Waals surface area contributed by atoms with Crippen LogP contribution in [0.4, 0.5) is 23.3 Å². The quantitative estimate of drug-likeness (QED) is 0.780. The van der Waals surface area contributed by atoms with E-state index in [0.29, 0.717) is 11.6 Å². The third-order valence-corrected chi connectivity index (χ3v) is 2.67. The van der Waals surface area contributed by atoms with E-state index in [0.717, 1.165) is 17.0 Å². The Morgan fingerprint density at radius 2 is 1.89 bits per heavy atom. The summed E-state index contributed by atoms with van der Waals surface area (Å²) in [7, 11) is 3.43. The van der Waals surface area contributed by atoms with Crippen LogP contribution < -0.4 is 21.1 Å². The molecule has 0 aliphatic rings. The standard InChI is InChI=1S/C13H17N5O/c1-8-6-9(4-5-10(8)19-3)16-12-7-11(15-2)17-13(14)18-12/h4-7H,1-3H3,(H4,14,15,16,17,18). The van der Waals surface area contributed by atoms with Crippen molar-refractivity contribution in [2.45, 2.75) is 6.92 Å². The van der Waals surface area contributed by atoms with Crippen LogP contribution in [-0.2, 0) is 0 Å². The van der Waals surface area contributed by atoms with Crippen molar-refractivity contribution in [3.63, 3.8) is 0 Å². The Morgan fingerprint density at radius 1 is 1.16 bits per heavy atom. The van der Waals surface area contributed by atoms with Gasteiger partial charge in [-0.3, -0.25) is 0 Å². The maximum atomic E-state index is 5.64. The van der Waals surface area contributed by atoms with Crippen LogP contribution in [-0.4, -0.2) is 24.1 Å². The fraction of sp³-hybridized carbons (Fsp3) is 0.231. The number of methoxy groups -OCH3 is 1. The molecule has 4 N–H and O–H groups in total. The molecule has 0 unspecified atom stereocenters. The molecule has 100 valence electrons. The van der Waals surface area contributed by atoms with Gasteiger partial charge in [-0.15, -0.1) is 0 Å². The minimum absolute atomic E-state index is 0.222. The molecule has 0 radical (unpaired) electrons. The molecule has 0 atom stereocenters. The van der Waals surface area contributed by atoms with Crippen LogP contribution in [0, 0.1) is 6.92 Å². The van der Waals surface area contributed by atoms with Gasteiger partial charge in [-0.25, -0.2) is 0 Å². The molecule has 1 aromatic carbocycles. The van der Waals surface area contributed by atoms with Crippen molar-refractivity contribution in [2.75, 3.05) is 30.5 Å². The first-order chi connectivity index (χ1) is 9.12. The molecule has 0 fully saturated rings. The normalized spacial score (nSPS) is 10.1. The maximum absolute atomic E-state index is 5.64. The van der Waals surface area contributed by atoms with Gasteiger partial charge in [-0.05, 0) is 30.7 Å².